The van der Waals surface area contributed by atoms with E-state index in [4.69, 9.17) is 46.9 Å². The van der Waals surface area contributed by atoms with E-state index in [-0.39, 0.29) is 31.3 Å². The fourth-order valence-corrected chi connectivity index (χ4v) is 7.50. The molecule has 1 saturated carbocycles. The Labute approximate surface area is 342 Å². The van der Waals surface area contributed by atoms with Gasteiger partial charge < -0.3 is 64.5 Å². The van der Waals surface area contributed by atoms with Gasteiger partial charge in [-0.25, -0.2) is 0 Å². The zero-order valence-electron chi connectivity index (χ0n) is 32.8. The van der Waals surface area contributed by atoms with E-state index in [2.05, 4.69) is 36.1 Å². The number of carbonyl (C=O) groups is 1. The van der Waals surface area contributed by atoms with Crippen LogP contribution in [0, 0.1) is 0 Å². The number of phenols is 1. The van der Waals surface area contributed by atoms with Crippen LogP contribution >= 0.6 is 23.2 Å². The fourth-order valence-electron chi connectivity index (χ4n) is 7.05. The highest BCUT2D eigenvalue weighted by Gasteiger charge is 2.53. The van der Waals surface area contributed by atoms with Crippen molar-refractivity contribution in [1.82, 2.24) is 15.1 Å². The number of benzene rings is 2. The van der Waals surface area contributed by atoms with Crippen LogP contribution in [0.5, 0.6) is 11.5 Å². The highest BCUT2D eigenvalue weighted by atomic mass is 35.5. The average molecular weight is 841 g/mol. The van der Waals surface area contributed by atoms with E-state index < -0.39 is 67.1 Å². The number of carbonyl (C=O) groups excluding carboxylic acids is 1. The van der Waals surface area contributed by atoms with Crippen LogP contribution < -0.4 is 10.1 Å². The van der Waals surface area contributed by atoms with E-state index in [1.165, 1.54) is 19.1 Å². The van der Waals surface area contributed by atoms with Gasteiger partial charge in [-0.2, -0.15) is 0 Å². The zero-order valence-corrected chi connectivity index (χ0v) is 34.3. The van der Waals surface area contributed by atoms with E-state index >= 15 is 0 Å². The topological polar surface area (TPSA) is 203 Å². The maximum atomic E-state index is 13.0. The summed E-state index contributed by atoms with van der Waals surface area (Å²) in [5.74, 6) is -0.365. The number of hydrogen-bond acceptors (Lipinski definition) is 14. The molecule has 7 N–H and O–H groups in total. The molecule has 1 unspecified atom stereocenters. The predicted molar refractivity (Wildman–Crippen MR) is 212 cm³/mol. The third-order valence-electron chi connectivity index (χ3n) is 10.5. The maximum absolute atomic E-state index is 13.0. The van der Waals surface area contributed by atoms with Crippen molar-refractivity contribution < 1.29 is 59.1 Å². The molecule has 2 aromatic rings. The number of aliphatic hydroxyl groups is 5. The summed E-state index contributed by atoms with van der Waals surface area (Å²) in [6.45, 7) is 8.60. The third kappa shape index (κ3) is 11.0. The van der Waals surface area contributed by atoms with Gasteiger partial charge in [0, 0.05) is 17.7 Å². The number of phenolic OH excluding ortho intramolecular Hbond substituents is 1. The van der Waals surface area contributed by atoms with Gasteiger partial charge in [0.2, 0.25) is 5.91 Å². The number of aromatic hydroxyl groups is 1. The molecule has 1 amide bonds. The molecule has 3 aliphatic rings. The average Bonchev–Trinajstić information content (AvgIpc) is 3.78. The number of nitrogens with zero attached hydrogens (tertiary/aromatic N) is 2. The molecule has 0 bridgehead atoms. The first-order chi connectivity index (χ1) is 27.1. The number of fused-ring (bicyclic) bond motifs is 1. The smallest absolute Gasteiger partial charge is 0.247 e. The minimum atomic E-state index is -1.49. The lowest BCUT2D eigenvalue weighted by molar-refractivity contribution is -0.168. The van der Waals surface area contributed by atoms with E-state index in [0.29, 0.717) is 39.0 Å². The molecule has 17 heteroatoms. The molecule has 2 aliphatic heterocycles. The molecule has 1 aliphatic carbocycles. The van der Waals surface area contributed by atoms with Crippen LogP contribution in [-0.2, 0) is 36.9 Å². The van der Waals surface area contributed by atoms with Gasteiger partial charge >= 0.3 is 0 Å². The fraction of sp³-hybridized carbons (Fsp3) is 0.575. The van der Waals surface area contributed by atoms with Crippen LogP contribution in [0.15, 0.2) is 47.6 Å². The second kappa shape index (κ2) is 20.4. The van der Waals surface area contributed by atoms with Crippen molar-refractivity contribution in [2.24, 2.45) is 0 Å². The molecule has 0 spiro atoms. The van der Waals surface area contributed by atoms with Crippen molar-refractivity contribution in [2.45, 2.75) is 102 Å². The van der Waals surface area contributed by atoms with Crippen LogP contribution in [0.3, 0.4) is 0 Å². The Bertz CT molecular complexity index is 1750. The van der Waals surface area contributed by atoms with Crippen molar-refractivity contribution in [3.05, 3.63) is 74.3 Å². The summed E-state index contributed by atoms with van der Waals surface area (Å²) in [6.07, 6.45) is -6.52. The monoisotopic (exact) mass is 839 g/mol. The normalized spacial score (nSPS) is 29.3. The number of nitrogens with one attached hydrogen (secondary N) is 1. The lowest BCUT2D eigenvalue weighted by Crippen LogP contribution is -2.67. The maximum Gasteiger partial charge on any atom is 0.247 e. The van der Waals surface area contributed by atoms with Gasteiger partial charge in [0.1, 0.15) is 78.8 Å². The minimum Gasteiger partial charge on any atom is -0.508 e. The SMILES string of the molecule is CCN(CCCN(C)C)Cc1ccc(OC/C=C(\C)[C@H]2O[C@@H](OCc3ccc(/C=C(\C)C(=O)NC4[C@@H](O)[C@@H]5OCO[C@@H]5[C@H](O)[C@H]4O)cc3O)[C@@H](O)[C@@H]2O)c(Cl)c1Cl. The largest absolute Gasteiger partial charge is 0.508 e. The second-order valence-electron chi connectivity index (χ2n) is 14.9. The number of amides is 1. The summed E-state index contributed by atoms with van der Waals surface area (Å²) >= 11 is 13.2. The van der Waals surface area contributed by atoms with Gasteiger partial charge in [-0.05, 0) is 95.0 Å². The van der Waals surface area contributed by atoms with Crippen molar-refractivity contribution in [1.29, 1.82) is 0 Å². The van der Waals surface area contributed by atoms with E-state index in [1.807, 2.05) is 6.07 Å². The Balaban J connectivity index is 1.11. The number of aliphatic hydroxyl groups excluding tert-OH is 5. The van der Waals surface area contributed by atoms with Crippen molar-refractivity contribution >= 4 is 35.2 Å². The van der Waals surface area contributed by atoms with Crippen LogP contribution in [0.25, 0.3) is 6.08 Å². The Morgan fingerprint density at radius 2 is 1.63 bits per heavy atom. The zero-order chi connectivity index (χ0) is 41.6. The highest BCUT2D eigenvalue weighted by Crippen LogP contribution is 2.36. The molecule has 2 aromatic carbocycles. The highest BCUT2D eigenvalue weighted by molar-refractivity contribution is 6.43. The Morgan fingerprint density at radius 3 is 2.32 bits per heavy atom. The van der Waals surface area contributed by atoms with Gasteiger partial charge in [0.05, 0.1) is 17.7 Å². The Hall–Kier alpha value is -2.87. The molecule has 0 aromatic heterocycles. The standard InChI is InChI=1S/C40H55Cl2N3O12/c1-6-45(14-7-13-44(4)5)18-24-10-11-27(29(42)28(24)41)53-15-12-21(2)36-34(50)35(51)40(57-36)54-19-25-9-8-23(17-26(25)46)16-22(3)39(52)43-30-31(47)33(49)38-37(32(30)48)55-20-56-38/h8-12,16-17,30-38,40,46-51H,6-7,13-15,18-20H2,1-5H3,(H,43,52)/b21-12+,22-16+/t30?,31-,32+,33+,34-,35-,36+,37-,38+,40+/m0/s1. The molecule has 10 atom stereocenters. The Kier molecular flexibility index (Phi) is 16.2. The molecule has 2 heterocycles. The number of halogens is 2. The lowest BCUT2D eigenvalue weighted by atomic mass is 9.83. The van der Waals surface area contributed by atoms with Crippen LogP contribution in [0.4, 0.5) is 0 Å². The molecule has 57 heavy (non-hydrogen) atoms. The van der Waals surface area contributed by atoms with Gasteiger partial charge in [0.25, 0.3) is 0 Å². The van der Waals surface area contributed by atoms with Gasteiger partial charge in [-0.15, -0.1) is 0 Å². The van der Waals surface area contributed by atoms with E-state index in [9.17, 15) is 35.4 Å². The summed E-state index contributed by atoms with van der Waals surface area (Å²) in [5, 5.41) is 67.1. The molecule has 2 saturated heterocycles. The summed E-state index contributed by atoms with van der Waals surface area (Å²) < 4.78 is 28.1. The molecular weight excluding hydrogens is 785 g/mol. The quantitative estimate of drug-likeness (QED) is 0.0903. The van der Waals surface area contributed by atoms with Crippen molar-refractivity contribution in [2.75, 3.05) is 47.1 Å². The Morgan fingerprint density at radius 1 is 0.930 bits per heavy atom. The van der Waals surface area contributed by atoms with E-state index in [0.717, 1.165) is 31.6 Å². The first-order valence-corrected chi connectivity index (χ1v) is 19.7. The van der Waals surface area contributed by atoms with Crippen LogP contribution in [-0.4, -0.2) is 155 Å². The van der Waals surface area contributed by atoms with Crippen molar-refractivity contribution in [3.8, 4) is 11.5 Å². The number of hydrogen-bond donors (Lipinski definition) is 7. The third-order valence-corrected chi connectivity index (χ3v) is 11.4. The summed E-state index contributed by atoms with van der Waals surface area (Å²) in [4.78, 5) is 17.4. The summed E-state index contributed by atoms with van der Waals surface area (Å²) in [7, 11) is 4.11. The predicted octanol–water partition coefficient (Wildman–Crippen LogP) is 2.19. The van der Waals surface area contributed by atoms with E-state index in [1.54, 1.807) is 31.2 Å². The number of rotatable bonds is 17. The van der Waals surface area contributed by atoms with Crippen molar-refractivity contribution in [3.63, 3.8) is 0 Å². The number of ether oxygens (including phenoxy) is 5. The molecule has 5 rings (SSSR count). The van der Waals surface area contributed by atoms with Crippen LogP contribution in [0.1, 0.15) is 43.9 Å². The minimum absolute atomic E-state index is 0.0930. The first-order valence-electron chi connectivity index (χ1n) is 19.0. The van der Waals surface area contributed by atoms with Gasteiger partial charge in [-0.1, -0.05) is 48.3 Å². The molecular formula is C40H55Cl2N3O12. The molecule has 3 fully saturated rings. The summed E-state index contributed by atoms with van der Waals surface area (Å²) in [6, 6.07) is 7.09. The van der Waals surface area contributed by atoms with Crippen LogP contribution in [0.2, 0.25) is 10.0 Å². The molecule has 15 nitrogen and oxygen atoms in total. The second-order valence-corrected chi connectivity index (χ2v) is 15.7. The molecule has 0 radical (unpaired) electrons. The lowest BCUT2D eigenvalue weighted by Gasteiger charge is -2.41. The van der Waals surface area contributed by atoms with Gasteiger partial charge in [0.15, 0.2) is 6.29 Å². The first kappa shape index (κ1) is 45.2. The molecule has 316 valence electrons. The van der Waals surface area contributed by atoms with Gasteiger partial charge in [-0.3, -0.25) is 9.69 Å². The summed E-state index contributed by atoms with van der Waals surface area (Å²) in [5.41, 5.74) is 2.51.